The molecule has 0 aromatic carbocycles. The Morgan fingerprint density at radius 3 is 2.58 bits per heavy atom. The zero-order valence-corrected chi connectivity index (χ0v) is 18.8. The minimum atomic E-state index is -4.95. The molecule has 1 aliphatic rings. The number of rotatable bonds is 7. The molecule has 3 rings (SSSR count). The summed E-state index contributed by atoms with van der Waals surface area (Å²) >= 11 is 0. The van der Waals surface area contributed by atoms with Gasteiger partial charge in [-0.25, -0.2) is 22.9 Å². The number of esters is 1. The molecule has 0 bridgehead atoms. The number of carbonyl (C=O) groups excluding carboxylic acids is 2. The molecule has 0 N–H and O–H groups in total. The van der Waals surface area contributed by atoms with Crippen LogP contribution in [-0.2, 0) is 25.5 Å². The molecule has 0 saturated carbocycles. The molecular weight excluding hydrogens is 465 g/mol. The SMILES string of the molecule is CC(C)CN(C(=O)COC(=O)c1cnn(-c2ccccn2)c1C(F)(F)F)[C@@H]1CCS(=O)(=O)C1. The molecule has 0 spiro atoms. The van der Waals surface area contributed by atoms with Crippen molar-refractivity contribution in [3.05, 3.63) is 41.9 Å². The monoisotopic (exact) mass is 488 g/mol. The summed E-state index contributed by atoms with van der Waals surface area (Å²) in [5.74, 6) is -2.45. The lowest BCUT2D eigenvalue weighted by Crippen LogP contribution is -2.45. The number of amides is 1. The predicted molar refractivity (Wildman–Crippen MR) is 110 cm³/mol. The number of carbonyl (C=O) groups is 2. The first-order valence-corrected chi connectivity index (χ1v) is 11.9. The molecule has 1 aliphatic heterocycles. The molecule has 1 atom stereocenters. The van der Waals surface area contributed by atoms with E-state index in [0.29, 0.717) is 10.9 Å². The number of halogens is 3. The van der Waals surface area contributed by atoms with Gasteiger partial charge in [-0.05, 0) is 24.5 Å². The van der Waals surface area contributed by atoms with Gasteiger partial charge in [0.15, 0.2) is 28.0 Å². The molecule has 2 aromatic heterocycles. The number of hydrogen-bond donors (Lipinski definition) is 0. The van der Waals surface area contributed by atoms with Crippen LogP contribution >= 0.6 is 0 Å². The lowest BCUT2D eigenvalue weighted by molar-refractivity contribution is -0.143. The highest BCUT2D eigenvalue weighted by atomic mass is 32.2. The largest absolute Gasteiger partial charge is 0.452 e. The van der Waals surface area contributed by atoms with Crippen molar-refractivity contribution in [2.24, 2.45) is 5.92 Å². The van der Waals surface area contributed by atoms with Crippen LogP contribution in [0, 0.1) is 5.92 Å². The third-order valence-corrected chi connectivity index (χ3v) is 6.73. The van der Waals surface area contributed by atoms with Gasteiger partial charge >= 0.3 is 12.1 Å². The van der Waals surface area contributed by atoms with E-state index < -0.39 is 51.8 Å². The van der Waals surface area contributed by atoms with Gasteiger partial charge in [-0.1, -0.05) is 19.9 Å². The van der Waals surface area contributed by atoms with Crippen LogP contribution in [0.5, 0.6) is 0 Å². The molecule has 0 aliphatic carbocycles. The van der Waals surface area contributed by atoms with Crippen LogP contribution < -0.4 is 0 Å². The maximum absolute atomic E-state index is 13.7. The number of aromatic nitrogens is 3. The van der Waals surface area contributed by atoms with Gasteiger partial charge in [0, 0.05) is 18.8 Å². The second-order valence-electron chi connectivity index (χ2n) is 8.08. The van der Waals surface area contributed by atoms with Crippen molar-refractivity contribution in [2.75, 3.05) is 24.7 Å². The Bertz CT molecular complexity index is 1120. The van der Waals surface area contributed by atoms with Crippen LogP contribution in [0.3, 0.4) is 0 Å². The summed E-state index contributed by atoms with van der Waals surface area (Å²) in [6.45, 7) is 3.06. The molecule has 3 heterocycles. The van der Waals surface area contributed by atoms with E-state index in [-0.39, 0.29) is 36.2 Å². The average molecular weight is 488 g/mol. The summed E-state index contributed by atoms with van der Waals surface area (Å²) in [5.41, 5.74) is -2.24. The molecule has 0 radical (unpaired) electrons. The lowest BCUT2D eigenvalue weighted by Gasteiger charge is -2.29. The smallest absolute Gasteiger partial charge is 0.434 e. The first kappa shape index (κ1) is 24.7. The molecule has 180 valence electrons. The lowest BCUT2D eigenvalue weighted by atomic mass is 10.1. The Balaban J connectivity index is 1.78. The van der Waals surface area contributed by atoms with E-state index in [9.17, 15) is 31.2 Å². The molecule has 1 fully saturated rings. The normalized spacial score (nSPS) is 17.8. The van der Waals surface area contributed by atoms with Crippen LogP contribution in [0.25, 0.3) is 5.82 Å². The molecular formula is C20H23F3N4O5S. The summed E-state index contributed by atoms with van der Waals surface area (Å²) in [7, 11) is -3.27. The van der Waals surface area contributed by atoms with Crippen LogP contribution in [0.2, 0.25) is 0 Å². The van der Waals surface area contributed by atoms with Crippen molar-refractivity contribution in [3.63, 3.8) is 0 Å². The van der Waals surface area contributed by atoms with Gasteiger partial charge in [0.05, 0.1) is 17.7 Å². The summed E-state index contributed by atoms with van der Waals surface area (Å²) in [6.07, 6.45) is -2.71. The van der Waals surface area contributed by atoms with E-state index in [1.54, 1.807) is 0 Å². The van der Waals surface area contributed by atoms with Gasteiger partial charge < -0.3 is 9.64 Å². The van der Waals surface area contributed by atoms with Gasteiger partial charge in [0.1, 0.15) is 5.56 Å². The predicted octanol–water partition coefficient (Wildman–Crippen LogP) is 2.11. The Labute approximate surface area is 188 Å². The Morgan fingerprint density at radius 1 is 1.30 bits per heavy atom. The third kappa shape index (κ3) is 5.89. The van der Waals surface area contributed by atoms with Crippen molar-refractivity contribution >= 4 is 21.7 Å². The van der Waals surface area contributed by atoms with E-state index in [4.69, 9.17) is 4.74 Å². The molecule has 9 nitrogen and oxygen atoms in total. The summed E-state index contributed by atoms with van der Waals surface area (Å²) < 4.78 is 70.1. The molecule has 1 saturated heterocycles. The van der Waals surface area contributed by atoms with E-state index in [1.165, 1.54) is 29.3 Å². The fourth-order valence-electron chi connectivity index (χ4n) is 3.58. The highest BCUT2D eigenvalue weighted by Crippen LogP contribution is 2.33. The van der Waals surface area contributed by atoms with E-state index in [1.807, 2.05) is 13.8 Å². The first-order chi connectivity index (χ1) is 15.4. The minimum Gasteiger partial charge on any atom is -0.452 e. The molecule has 2 aromatic rings. The quantitative estimate of drug-likeness (QED) is 0.549. The first-order valence-electron chi connectivity index (χ1n) is 10.1. The summed E-state index contributed by atoms with van der Waals surface area (Å²) in [6, 6.07) is 3.70. The Morgan fingerprint density at radius 2 is 2.03 bits per heavy atom. The topological polar surface area (TPSA) is 111 Å². The van der Waals surface area contributed by atoms with Crippen LogP contribution in [0.1, 0.15) is 36.3 Å². The maximum Gasteiger partial charge on any atom is 0.434 e. The maximum atomic E-state index is 13.7. The highest BCUT2D eigenvalue weighted by Gasteiger charge is 2.42. The van der Waals surface area contributed by atoms with Crippen LogP contribution in [0.4, 0.5) is 13.2 Å². The second-order valence-corrected chi connectivity index (χ2v) is 10.3. The number of sulfone groups is 1. The van der Waals surface area contributed by atoms with Crippen molar-refractivity contribution in [1.82, 2.24) is 19.7 Å². The summed E-state index contributed by atoms with van der Waals surface area (Å²) in [5, 5.41) is 3.63. The van der Waals surface area contributed by atoms with Gasteiger partial charge in [-0.2, -0.15) is 18.3 Å². The van der Waals surface area contributed by atoms with Gasteiger partial charge in [-0.15, -0.1) is 0 Å². The fraction of sp³-hybridized carbons (Fsp3) is 0.500. The fourth-order valence-corrected chi connectivity index (χ4v) is 5.31. The van der Waals surface area contributed by atoms with Gasteiger partial charge in [0.2, 0.25) is 0 Å². The molecule has 13 heteroatoms. The minimum absolute atomic E-state index is 0.00129. The number of nitrogens with zero attached hydrogens (tertiary/aromatic N) is 4. The number of ether oxygens (including phenoxy) is 1. The highest BCUT2D eigenvalue weighted by molar-refractivity contribution is 7.91. The van der Waals surface area contributed by atoms with Gasteiger partial charge in [0.25, 0.3) is 5.91 Å². The molecule has 33 heavy (non-hydrogen) atoms. The number of alkyl halides is 3. The molecule has 1 amide bonds. The Kier molecular flexibility index (Phi) is 7.10. The standard InChI is InChI=1S/C20H23F3N4O5S/c1-13(2)10-26(14-6-8-33(30,31)12-14)17(28)11-32-19(29)15-9-25-27(18(15)20(21,22)23)16-5-3-4-7-24-16/h3-5,7,9,13-14H,6,8,10-12H2,1-2H3/t14-/m1/s1. The van der Waals surface area contributed by atoms with Crippen LogP contribution in [0.15, 0.2) is 30.6 Å². The van der Waals surface area contributed by atoms with E-state index in [2.05, 4.69) is 10.1 Å². The average Bonchev–Trinajstić information content (AvgIpc) is 3.34. The van der Waals surface area contributed by atoms with Crippen molar-refractivity contribution < 1.29 is 35.9 Å². The van der Waals surface area contributed by atoms with E-state index >= 15 is 0 Å². The second kappa shape index (κ2) is 9.49. The van der Waals surface area contributed by atoms with Crippen molar-refractivity contribution in [3.8, 4) is 5.82 Å². The van der Waals surface area contributed by atoms with Crippen molar-refractivity contribution in [1.29, 1.82) is 0 Å². The molecule has 0 unspecified atom stereocenters. The number of pyridine rings is 1. The third-order valence-electron chi connectivity index (χ3n) is 4.98. The van der Waals surface area contributed by atoms with Crippen LogP contribution in [-0.4, -0.2) is 70.7 Å². The van der Waals surface area contributed by atoms with Gasteiger partial charge in [-0.3, -0.25) is 4.79 Å². The summed E-state index contributed by atoms with van der Waals surface area (Å²) in [4.78, 5) is 30.3. The van der Waals surface area contributed by atoms with E-state index in [0.717, 1.165) is 0 Å². The number of hydrogen-bond acceptors (Lipinski definition) is 7. The zero-order chi connectivity index (χ0) is 24.4. The van der Waals surface area contributed by atoms with Crippen molar-refractivity contribution in [2.45, 2.75) is 32.5 Å². The Hall–Kier alpha value is -2.96. The zero-order valence-electron chi connectivity index (χ0n) is 17.9.